The van der Waals surface area contributed by atoms with Crippen LogP contribution in [-0.4, -0.2) is 52.2 Å². The second-order valence-electron chi connectivity index (χ2n) is 4.63. The molecule has 0 radical (unpaired) electrons. The monoisotopic (exact) mass is 258 g/mol. The van der Waals surface area contributed by atoms with Gasteiger partial charge in [0.25, 0.3) is 0 Å². The van der Waals surface area contributed by atoms with Crippen LogP contribution in [0.5, 0.6) is 0 Å². The molecule has 2 amide bonds. The van der Waals surface area contributed by atoms with E-state index in [0.717, 1.165) is 12.8 Å². The van der Waals surface area contributed by atoms with Gasteiger partial charge >= 0.3 is 18.0 Å². The molecule has 7 nitrogen and oxygen atoms in total. The summed E-state index contributed by atoms with van der Waals surface area (Å²) >= 11 is 0. The van der Waals surface area contributed by atoms with Gasteiger partial charge in [-0.1, -0.05) is 0 Å². The second kappa shape index (κ2) is 5.70. The average molecular weight is 258 g/mol. The molecule has 1 aliphatic carbocycles. The summed E-state index contributed by atoms with van der Waals surface area (Å²) in [6, 6.07) is -1.92. The highest BCUT2D eigenvalue weighted by atomic mass is 16.4. The number of nitrogens with one attached hydrogen (secondary N) is 1. The highest BCUT2D eigenvalue weighted by molar-refractivity contribution is 5.86. The number of urea groups is 1. The van der Waals surface area contributed by atoms with Gasteiger partial charge in [0, 0.05) is 13.1 Å². The zero-order chi connectivity index (χ0) is 13.9. The summed E-state index contributed by atoms with van der Waals surface area (Å²) in [6.07, 6.45) is 1.50. The third-order valence-electron chi connectivity index (χ3n) is 3.21. The van der Waals surface area contributed by atoms with E-state index >= 15 is 0 Å². The van der Waals surface area contributed by atoms with Crippen LogP contribution in [0, 0.1) is 5.92 Å². The maximum absolute atomic E-state index is 11.8. The number of hydrogen-bond acceptors (Lipinski definition) is 3. The topological polar surface area (TPSA) is 107 Å². The van der Waals surface area contributed by atoms with Crippen LogP contribution in [0.4, 0.5) is 4.79 Å². The maximum Gasteiger partial charge on any atom is 0.326 e. The van der Waals surface area contributed by atoms with Gasteiger partial charge in [-0.25, -0.2) is 9.59 Å². The number of hydrogen-bond donors (Lipinski definition) is 3. The lowest BCUT2D eigenvalue weighted by molar-refractivity contribution is -0.145. The standard InChI is InChI=1S/C11H18N2O5/c1-6(7-3-4-7)13(2)11(18)12-8(10(16)17)5-9(14)15/h6-8H,3-5H2,1-2H3,(H,12,18)(H,14,15)(H,16,17)/t6?,8-/m0/s1. The number of carbonyl (C=O) groups excluding carboxylic acids is 1. The van der Waals surface area contributed by atoms with Crippen LogP contribution in [0.25, 0.3) is 0 Å². The quantitative estimate of drug-likeness (QED) is 0.637. The summed E-state index contributed by atoms with van der Waals surface area (Å²) in [5.74, 6) is -2.15. The van der Waals surface area contributed by atoms with E-state index in [0.29, 0.717) is 5.92 Å². The Balaban J connectivity index is 2.54. The van der Waals surface area contributed by atoms with Gasteiger partial charge in [-0.15, -0.1) is 0 Å². The minimum Gasteiger partial charge on any atom is -0.481 e. The van der Waals surface area contributed by atoms with Gasteiger partial charge in [-0.3, -0.25) is 4.79 Å². The smallest absolute Gasteiger partial charge is 0.326 e. The summed E-state index contributed by atoms with van der Waals surface area (Å²) in [5, 5.41) is 19.6. The minimum atomic E-state index is -1.40. The molecule has 2 atom stereocenters. The van der Waals surface area contributed by atoms with Crippen molar-refractivity contribution in [2.75, 3.05) is 7.05 Å². The van der Waals surface area contributed by atoms with Crippen LogP contribution in [0.1, 0.15) is 26.2 Å². The fourth-order valence-corrected chi connectivity index (χ4v) is 1.71. The van der Waals surface area contributed by atoms with Gasteiger partial charge in [-0.2, -0.15) is 0 Å². The van der Waals surface area contributed by atoms with E-state index in [1.807, 2.05) is 6.92 Å². The van der Waals surface area contributed by atoms with E-state index in [1.165, 1.54) is 4.90 Å². The van der Waals surface area contributed by atoms with Crippen molar-refractivity contribution in [1.29, 1.82) is 0 Å². The first-order chi connectivity index (χ1) is 8.32. The van der Waals surface area contributed by atoms with Crippen LogP contribution in [-0.2, 0) is 9.59 Å². The van der Waals surface area contributed by atoms with Gasteiger partial charge in [-0.05, 0) is 25.7 Å². The van der Waals surface area contributed by atoms with E-state index in [1.54, 1.807) is 7.05 Å². The first-order valence-corrected chi connectivity index (χ1v) is 5.80. The first-order valence-electron chi connectivity index (χ1n) is 5.80. The molecule has 0 aromatic heterocycles. The maximum atomic E-state index is 11.8. The van der Waals surface area contributed by atoms with E-state index in [4.69, 9.17) is 10.2 Å². The molecule has 102 valence electrons. The van der Waals surface area contributed by atoms with Crippen molar-refractivity contribution in [3.63, 3.8) is 0 Å². The Hall–Kier alpha value is -1.79. The number of amides is 2. The number of carboxylic acids is 2. The molecule has 1 fully saturated rings. The number of aliphatic carboxylic acids is 2. The zero-order valence-electron chi connectivity index (χ0n) is 10.4. The van der Waals surface area contributed by atoms with E-state index in [-0.39, 0.29) is 6.04 Å². The van der Waals surface area contributed by atoms with E-state index in [2.05, 4.69) is 5.32 Å². The Morgan fingerprint density at radius 1 is 1.33 bits per heavy atom. The number of nitrogens with zero attached hydrogens (tertiary/aromatic N) is 1. The molecular weight excluding hydrogens is 240 g/mol. The Morgan fingerprint density at radius 2 is 1.89 bits per heavy atom. The van der Waals surface area contributed by atoms with Crippen LogP contribution >= 0.6 is 0 Å². The first kappa shape index (κ1) is 14.3. The second-order valence-corrected chi connectivity index (χ2v) is 4.63. The van der Waals surface area contributed by atoms with Gasteiger partial charge in [0.15, 0.2) is 0 Å². The molecule has 1 rings (SSSR count). The zero-order valence-corrected chi connectivity index (χ0v) is 10.4. The molecule has 0 bridgehead atoms. The van der Waals surface area contributed by atoms with Crippen molar-refractivity contribution in [1.82, 2.24) is 10.2 Å². The lowest BCUT2D eigenvalue weighted by atomic mass is 10.2. The van der Waals surface area contributed by atoms with Crippen molar-refractivity contribution in [2.24, 2.45) is 5.92 Å². The molecule has 0 aromatic rings. The molecule has 0 saturated heterocycles. The predicted octanol–water partition coefficient (Wildman–Crippen LogP) is 0.354. The van der Waals surface area contributed by atoms with Crippen LogP contribution in [0.2, 0.25) is 0 Å². The fraction of sp³-hybridized carbons (Fsp3) is 0.727. The lowest BCUT2D eigenvalue weighted by Gasteiger charge is -2.26. The summed E-state index contributed by atoms with van der Waals surface area (Å²) in [4.78, 5) is 34.5. The largest absolute Gasteiger partial charge is 0.481 e. The Labute approximate surface area is 105 Å². The van der Waals surface area contributed by atoms with E-state index in [9.17, 15) is 14.4 Å². The van der Waals surface area contributed by atoms with Gasteiger partial charge in [0.05, 0.1) is 6.42 Å². The molecule has 1 aliphatic rings. The van der Waals surface area contributed by atoms with Gasteiger partial charge < -0.3 is 20.4 Å². The molecule has 0 spiro atoms. The SMILES string of the molecule is CC(C1CC1)N(C)C(=O)N[C@@H](CC(=O)O)C(=O)O. The third kappa shape index (κ3) is 3.90. The molecule has 7 heteroatoms. The van der Waals surface area contributed by atoms with Crippen molar-refractivity contribution in [2.45, 2.75) is 38.3 Å². The molecule has 0 heterocycles. The van der Waals surface area contributed by atoms with Crippen molar-refractivity contribution in [3.8, 4) is 0 Å². The van der Waals surface area contributed by atoms with Crippen molar-refractivity contribution < 1.29 is 24.6 Å². The molecule has 1 saturated carbocycles. The summed E-state index contributed by atoms with van der Waals surface area (Å²) in [6.45, 7) is 1.89. The number of carboxylic acid groups (broad SMARTS) is 2. The highest BCUT2D eigenvalue weighted by Gasteiger charge is 2.33. The van der Waals surface area contributed by atoms with Crippen LogP contribution in [0.15, 0.2) is 0 Å². The molecule has 3 N–H and O–H groups in total. The van der Waals surface area contributed by atoms with Crippen molar-refractivity contribution in [3.05, 3.63) is 0 Å². The fourth-order valence-electron chi connectivity index (χ4n) is 1.71. The van der Waals surface area contributed by atoms with E-state index < -0.39 is 30.4 Å². The Bertz CT molecular complexity index is 353. The molecular formula is C11H18N2O5. The summed E-state index contributed by atoms with van der Waals surface area (Å²) < 4.78 is 0. The highest BCUT2D eigenvalue weighted by Crippen LogP contribution is 2.34. The summed E-state index contributed by atoms with van der Waals surface area (Å²) in [5.41, 5.74) is 0. The Morgan fingerprint density at radius 3 is 2.28 bits per heavy atom. The predicted molar refractivity (Wildman–Crippen MR) is 62.2 cm³/mol. The molecule has 1 unspecified atom stereocenters. The molecule has 0 aliphatic heterocycles. The average Bonchev–Trinajstić information content (AvgIpc) is 3.08. The third-order valence-corrected chi connectivity index (χ3v) is 3.21. The lowest BCUT2D eigenvalue weighted by Crippen LogP contribution is -2.50. The number of carbonyl (C=O) groups is 3. The number of rotatable bonds is 6. The Kier molecular flexibility index (Phi) is 4.52. The molecule has 0 aromatic carbocycles. The van der Waals surface area contributed by atoms with Gasteiger partial charge in [0.1, 0.15) is 6.04 Å². The van der Waals surface area contributed by atoms with Crippen LogP contribution < -0.4 is 5.32 Å². The normalized spacial score (nSPS) is 17.7. The molecule has 18 heavy (non-hydrogen) atoms. The minimum absolute atomic E-state index is 0.0317. The summed E-state index contributed by atoms with van der Waals surface area (Å²) in [7, 11) is 1.58. The van der Waals surface area contributed by atoms with Gasteiger partial charge in [0.2, 0.25) is 0 Å². The van der Waals surface area contributed by atoms with Crippen molar-refractivity contribution >= 4 is 18.0 Å². The van der Waals surface area contributed by atoms with Crippen LogP contribution in [0.3, 0.4) is 0 Å².